The van der Waals surface area contributed by atoms with Crippen LogP contribution in [0, 0.1) is 5.82 Å². The summed E-state index contributed by atoms with van der Waals surface area (Å²) < 4.78 is 50.9. The Bertz CT molecular complexity index is 470. The third-order valence-corrected chi connectivity index (χ3v) is 2.84. The van der Waals surface area contributed by atoms with Gasteiger partial charge in [-0.3, -0.25) is 4.79 Å². The van der Waals surface area contributed by atoms with Crippen LogP contribution in [0.4, 0.5) is 23.2 Å². The Labute approximate surface area is 114 Å². The number of hydrogen-bond acceptors (Lipinski definition) is 2. The second kappa shape index (κ2) is 6.58. The van der Waals surface area contributed by atoms with Crippen molar-refractivity contribution in [2.45, 2.75) is 20.0 Å². The first-order chi connectivity index (χ1) is 9.29. The summed E-state index contributed by atoms with van der Waals surface area (Å²) in [6.07, 6.45) is -4.55. The molecule has 0 radical (unpaired) electrons. The zero-order valence-corrected chi connectivity index (χ0v) is 11.2. The maximum absolute atomic E-state index is 13.4. The Morgan fingerprint density at radius 3 is 2.35 bits per heavy atom. The van der Waals surface area contributed by atoms with Crippen molar-refractivity contribution >= 4 is 11.6 Å². The molecule has 3 nitrogen and oxygen atoms in total. The third-order valence-electron chi connectivity index (χ3n) is 2.84. The number of rotatable bonds is 5. The average Bonchev–Trinajstić information content (AvgIpc) is 2.37. The van der Waals surface area contributed by atoms with E-state index in [0.29, 0.717) is 25.2 Å². The molecule has 0 aliphatic heterocycles. The molecule has 0 spiro atoms. The van der Waals surface area contributed by atoms with Crippen LogP contribution in [0.25, 0.3) is 0 Å². The van der Waals surface area contributed by atoms with Gasteiger partial charge in [0.2, 0.25) is 5.91 Å². The molecule has 1 rings (SSSR count). The number of carbonyl (C=O) groups excluding carboxylic acids is 1. The highest BCUT2D eigenvalue weighted by Crippen LogP contribution is 2.31. The van der Waals surface area contributed by atoms with E-state index in [1.165, 1.54) is 4.90 Å². The van der Waals surface area contributed by atoms with Gasteiger partial charge in [0.05, 0.1) is 17.8 Å². The van der Waals surface area contributed by atoms with Gasteiger partial charge in [0.15, 0.2) is 0 Å². The molecule has 0 aromatic heterocycles. The lowest BCUT2D eigenvalue weighted by Gasteiger charge is -2.19. The van der Waals surface area contributed by atoms with Gasteiger partial charge in [-0.15, -0.1) is 0 Å². The van der Waals surface area contributed by atoms with E-state index in [2.05, 4.69) is 5.32 Å². The van der Waals surface area contributed by atoms with Crippen molar-refractivity contribution in [3.05, 3.63) is 29.6 Å². The van der Waals surface area contributed by atoms with Crippen LogP contribution in [-0.2, 0) is 11.0 Å². The van der Waals surface area contributed by atoms with Crippen molar-refractivity contribution in [1.82, 2.24) is 4.90 Å². The molecule has 20 heavy (non-hydrogen) atoms. The van der Waals surface area contributed by atoms with Crippen LogP contribution in [0.3, 0.4) is 0 Å². The number of benzene rings is 1. The Hall–Kier alpha value is -1.79. The molecule has 0 aliphatic carbocycles. The molecule has 7 heteroatoms. The van der Waals surface area contributed by atoms with Gasteiger partial charge in [-0.25, -0.2) is 4.39 Å². The monoisotopic (exact) mass is 292 g/mol. The summed E-state index contributed by atoms with van der Waals surface area (Å²) >= 11 is 0. The lowest BCUT2D eigenvalue weighted by molar-refractivity contribution is -0.137. The number of hydrogen-bond donors (Lipinski definition) is 1. The number of likely N-dealkylation sites (N-methyl/N-ethyl adjacent to an activating group) is 1. The van der Waals surface area contributed by atoms with Crippen molar-refractivity contribution in [3.63, 3.8) is 0 Å². The number of anilines is 1. The van der Waals surface area contributed by atoms with Crippen LogP contribution in [0.15, 0.2) is 18.2 Å². The molecule has 0 unspecified atom stereocenters. The standard InChI is InChI=1S/C13H16F4N2O/c1-3-19(4-2)12(20)8-18-11-7-9(13(15,16)17)5-6-10(11)14/h5-7,18H,3-4,8H2,1-2H3. The van der Waals surface area contributed by atoms with E-state index in [-0.39, 0.29) is 18.1 Å². The first kappa shape index (κ1) is 16.3. The Balaban J connectivity index is 2.80. The van der Waals surface area contributed by atoms with Crippen LogP contribution in [0.2, 0.25) is 0 Å². The van der Waals surface area contributed by atoms with Crippen molar-refractivity contribution in [1.29, 1.82) is 0 Å². The van der Waals surface area contributed by atoms with Crippen LogP contribution in [0.5, 0.6) is 0 Å². The topological polar surface area (TPSA) is 32.3 Å². The van der Waals surface area contributed by atoms with Gasteiger partial charge < -0.3 is 10.2 Å². The van der Waals surface area contributed by atoms with Gasteiger partial charge in [-0.1, -0.05) is 0 Å². The molecule has 0 heterocycles. The molecule has 0 atom stereocenters. The number of nitrogens with one attached hydrogen (secondary N) is 1. The first-order valence-corrected chi connectivity index (χ1v) is 6.18. The van der Waals surface area contributed by atoms with Gasteiger partial charge in [-0.05, 0) is 32.0 Å². The van der Waals surface area contributed by atoms with E-state index in [4.69, 9.17) is 0 Å². The summed E-state index contributed by atoms with van der Waals surface area (Å²) in [6, 6.07) is 2.05. The molecule has 1 aromatic rings. The Morgan fingerprint density at radius 1 is 1.25 bits per heavy atom. The fraction of sp³-hybridized carbons (Fsp3) is 0.462. The van der Waals surface area contributed by atoms with E-state index in [1.54, 1.807) is 13.8 Å². The summed E-state index contributed by atoms with van der Waals surface area (Å²) in [5.41, 5.74) is -1.29. The highest BCUT2D eigenvalue weighted by molar-refractivity contribution is 5.80. The molecule has 0 saturated carbocycles. The summed E-state index contributed by atoms with van der Waals surface area (Å²) in [7, 11) is 0. The van der Waals surface area contributed by atoms with Gasteiger partial charge in [0.1, 0.15) is 5.82 Å². The van der Waals surface area contributed by atoms with Crippen LogP contribution < -0.4 is 5.32 Å². The molecular formula is C13H16F4N2O. The average molecular weight is 292 g/mol. The van der Waals surface area contributed by atoms with Gasteiger partial charge in [0, 0.05) is 13.1 Å². The van der Waals surface area contributed by atoms with Crippen LogP contribution >= 0.6 is 0 Å². The van der Waals surface area contributed by atoms with Gasteiger partial charge in [-0.2, -0.15) is 13.2 Å². The highest BCUT2D eigenvalue weighted by atomic mass is 19.4. The van der Waals surface area contributed by atoms with E-state index in [9.17, 15) is 22.4 Å². The van der Waals surface area contributed by atoms with Crippen LogP contribution in [0.1, 0.15) is 19.4 Å². The van der Waals surface area contributed by atoms with Crippen LogP contribution in [-0.4, -0.2) is 30.4 Å². The maximum atomic E-state index is 13.4. The molecule has 0 aliphatic rings. The predicted octanol–water partition coefficient (Wildman–Crippen LogP) is 3.12. The second-order valence-electron chi connectivity index (χ2n) is 4.11. The zero-order valence-electron chi connectivity index (χ0n) is 11.2. The van der Waals surface area contributed by atoms with E-state index >= 15 is 0 Å². The third kappa shape index (κ3) is 4.11. The summed E-state index contributed by atoms with van der Waals surface area (Å²) in [5, 5.41) is 2.41. The van der Waals surface area contributed by atoms with Crippen molar-refractivity contribution in [2.75, 3.05) is 25.0 Å². The largest absolute Gasteiger partial charge is 0.416 e. The second-order valence-corrected chi connectivity index (χ2v) is 4.11. The highest BCUT2D eigenvalue weighted by Gasteiger charge is 2.31. The Morgan fingerprint density at radius 2 is 1.85 bits per heavy atom. The minimum Gasteiger partial charge on any atom is -0.374 e. The molecule has 1 amide bonds. The van der Waals surface area contributed by atoms with E-state index in [0.717, 1.165) is 6.07 Å². The molecule has 112 valence electrons. The summed E-state index contributed by atoms with van der Waals surface area (Å²) in [5.74, 6) is -1.13. The number of alkyl halides is 3. The SMILES string of the molecule is CCN(CC)C(=O)CNc1cc(C(F)(F)F)ccc1F. The van der Waals surface area contributed by atoms with Crippen molar-refractivity contribution in [3.8, 4) is 0 Å². The smallest absolute Gasteiger partial charge is 0.374 e. The molecule has 0 fully saturated rings. The zero-order chi connectivity index (χ0) is 15.3. The molecule has 0 bridgehead atoms. The van der Waals surface area contributed by atoms with Crippen molar-refractivity contribution in [2.24, 2.45) is 0 Å². The lowest BCUT2D eigenvalue weighted by atomic mass is 10.2. The number of amides is 1. The summed E-state index contributed by atoms with van der Waals surface area (Å²) in [4.78, 5) is 13.2. The Kier molecular flexibility index (Phi) is 5.35. The molecular weight excluding hydrogens is 276 g/mol. The normalized spacial score (nSPS) is 11.3. The predicted molar refractivity (Wildman–Crippen MR) is 67.8 cm³/mol. The lowest BCUT2D eigenvalue weighted by Crippen LogP contribution is -2.35. The number of carbonyl (C=O) groups is 1. The van der Waals surface area contributed by atoms with Crippen molar-refractivity contribution < 1.29 is 22.4 Å². The van der Waals surface area contributed by atoms with E-state index in [1.807, 2.05) is 0 Å². The minimum atomic E-state index is -4.55. The molecule has 1 N–H and O–H groups in total. The molecule has 1 aromatic carbocycles. The quantitative estimate of drug-likeness (QED) is 0.846. The summed E-state index contributed by atoms with van der Waals surface area (Å²) in [6.45, 7) is 4.29. The van der Waals surface area contributed by atoms with Gasteiger partial charge in [0.25, 0.3) is 0 Å². The molecule has 0 saturated heterocycles. The van der Waals surface area contributed by atoms with Gasteiger partial charge >= 0.3 is 6.18 Å². The number of halogens is 4. The minimum absolute atomic E-state index is 0.250. The van der Waals surface area contributed by atoms with E-state index < -0.39 is 17.6 Å². The first-order valence-electron chi connectivity index (χ1n) is 6.18. The maximum Gasteiger partial charge on any atom is 0.416 e. The fourth-order valence-electron chi connectivity index (χ4n) is 1.70. The fourth-order valence-corrected chi connectivity index (χ4v) is 1.70. The number of nitrogens with zero attached hydrogens (tertiary/aromatic N) is 1.